The minimum Gasteiger partial charge on any atom is -0.393 e. The van der Waals surface area contributed by atoms with E-state index in [0.29, 0.717) is 17.9 Å². The van der Waals surface area contributed by atoms with Crippen LogP contribution in [-0.2, 0) is 0 Å². The van der Waals surface area contributed by atoms with Crippen molar-refractivity contribution in [1.29, 1.82) is 0 Å². The van der Waals surface area contributed by atoms with Crippen LogP contribution >= 0.6 is 0 Å². The van der Waals surface area contributed by atoms with Gasteiger partial charge in [0.2, 0.25) is 5.95 Å². The predicted octanol–water partition coefficient (Wildman–Crippen LogP) is 3.53. The number of fused-ring (bicyclic) bond motifs is 4. The van der Waals surface area contributed by atoms with E-state index in [9.17, 15) is 9.90 Å². The molecule has 2 N–H and O–H groups in total. The summed E-state index contributed by atoms with van der Waals surface area (Å²) < 4.78 is 1.92. The predicted molar refractivity (Wildman–Crippen MR) is 143 cm³/mol. The zero-order valence-electron chi connectivity index (χ0n) is 20.9. The SMILES string of the molecule is O=c1c2cc(N3CCN4CCCC4C3)ccc2c2cnc(NCC3CC3)nc2n1[C@H]1CC[C@H](O)CC1. The third-order valence-corrected chi connectivity index (χ3v) is 8.97. The lowest BCUT2D eigenvalue weighted by atomic mass is 9.92. The number of pyridine rings is 1. The molecule has 4 heterocycles. The lowest BCUT2D eigenvalue weighted by molar-refractivity contribution is 0.111. The molecule has 1 atom stereocenters. The van der Waals surface area contributed by atoms with Gasteiger partial charge in [-0.1, -0.05) is 6.07 Å². The Morgan fingerprint density at radius 2 is 1.81 bits per heavy atom. The number of nitrogens with zero attached hydrogens (tertiary/aromatic N) is 5. The van der Waals surface area contributed by atoms with Crippen LogP contribution in [0.25, 0.3) is 21.8 Å². The van der Waals surface area contributed by atoms with E-state index in [1.54, 1.807) is 0 Å². The molecule has 1 unspecified atom stereocenters. The standard InChI is InChI=1S/C28H36N6O2/c35-22-8-5-19(6-9-22)34-26-25(16-30-28(31-26)29-15-18-3-4-18)23-10-7-20(14-24(23)27(34)36)33-13-12-32-11-1-2-21(32)17-33/h7,10,14,16,18-19,21-22,35H,1-6,8-9,11-13,15,17H2,(H,29,30,31)/t19-,21?,22-. The summed E-state index contributed by atoms with van der Waals surface area (Å²) in [4.78, 5) is 28.7. The largest absolute Gasteiger partial charge is 0.393 e. The Bertz CT molecular complexity index is 1340. The monoisotopic (exact) mass is 488 g/mol. The third kappa shape index (κ3) is 4.04. The molecule has 8 heteroatoms. The van der Waals surface area contributed by atoms with Crippen molar-refractivity contribution < 1.29 is 5.11 Å². The highest BCUT2D eigenvalue weighted by atomic mass is 16.3. The molecule has 190 valence electrons. The molecule has 7 rings (SSSR count). The van der Waals surface area contributed by atoms with E-state index in [-0.39, 0.29) is 17.7 Å². The van der Waals surface area contributed by atoms with Crippen molar-refractivity contribution in [1.82, 2.24) is 19.4 Å². The first-order valence-electron chi connectivity index (χ1n) is 13.9. The van der Waals surface area contributed by atoms with Gasteiger partial charge in [0.1, 0.15) is 5.65 Å². The topological polar surface area (TPSA) is 86.5 Å². The highest BCUT2D eigenvalue weighted by molar-refractivity contribution is 6.05. The first kappa shape index (κ1) is 22.5. The summed E-state index contributed by atoms with van der Waals surface area (Å²) in [7, 11) is 0. The van der Waals surface area contributed by atoms with E-state index in [4.69, 9.17) is 4.98 Å². The van der Waals surface area contributed by atoms with Crippen LogP contribution < -0.4 is 15.8 Å². The fourth-order valence-corrected chi connectivity index (χ4v) is 6.64. The first-order valence-corrected chi connectivity index (χ1v) is 13.9. The van der Waals surface area contributed by atoms with Gasteiger partial charge in [-0.2, -0.15) is 4.98 Å². The molecule has 0 radical (unpaired) electrons. The van der Waals surface area contributed by atoms with E-state index in [2.05, 4.69) is 38.3 Å². The maximum atomic E-state index is 14.1. The number of anilines is 2. The van der Waals surface area contributed by atoms with Crippen molar-refractivity contribution in [2.45, 2.75) is 69.6 Å². The number of piperazine rings is 1. The molecule has 0 bridgehead atoms. The Morgan fingerprint density at radius 1 is 0.944 bits per heavy atom. The average molecular weight is 489 g/mol. The minimum absolute atomic E-state index is 0.0343. The molecule has 1 aromatic carbocycles. The molecule has 4 aliphatic rings. The van der Waals surface area contributed by atoms with Gasteiger partial charge in [-0.15, -0.1) is 0 Å². The quantitative estimate of drug-likeness (QED) is 0.532. The maximum Gasteiger partial charge on any atom is 0.260 e. The molecule has 2 saturated carbocycles. The molecule has 0 amide bonds. The number of aliphatic hydroxyl groups is 1. The summed E-state index contributed by atoms with van der Waals surface area (Å²) >= 11 is 0. The summed E-state index contributed by atoms with van der Waals surface area (Å²) in [6.07, 6.45) is 9.74. The fourth-order valence-electron chi connectivity index (χ4n) is 6.64. The van der Waals surface area contributed by atoms with Crippen LogP contribution in [0.4, 0.5) is 11.6 Å². The molecule has 4 fully saturated rings. The van der Waals surface area contributed by atoms with E-state index >= 15 is 0 Å². The number of hydrogen-bond acceptors (Lipinski definition) is 7. The number of aromatic nitrogens is 3. The minimum atomic E-state index is -0.269. The van der Waals surface area contributed by atoms with Crippen molar-refractivity contribution in [2.75, 3.05) is 42.9 Å². The molecule has 2 aromatic heterocycles. The van der Waals surface area contributed by atoms with Gasteiger partial charge in [-0.3, -0.25) is 14.3 Å². The van der Waals surface area contributed by atoms with Gasteiger partial charge in [-0.25, -0.2) is 4.98 Å². The zero-order chi connectivity index (χ0) is 24.2. The molecule has 2 aliphatic carbocycles. The Labute approximate surface area is 211 Å². The number of nitrogens with one attached hydrogen (secondary N) is 1. The van der Waals surface area contributed by atoms with E-state index in [1.165, 1.54) is 32.2 Å². The molecule has 0 spiro atoms. The highest BCUT2D eigenvalue weighted by Gasteiger charge is 2.31. The molecule has 2 saturated heterocycles. The highest BCUT2D eigenvalue weighted by Crippen LogP contribution is 2.34. The summed E-state index contributed by atoms with van der Waals surface area (Å²) in [5.74, 6) is 1.32. The van der Waals surface area contributed by atoms with Crippen molar-refractivity contribution in [3.63, 3.8) is 0 Å². The van der Waals surface area contributed by atoms with Crippen molar-refractivity contribution in [2.24, 2.45) is 5.92 Å². The van der Waals surface area contributed by atoms with Crippen LogP contribution in [0.5, 0.6) is 0 Å². The van der Waals surface area contributed by atoms with Gasteiger partial charge in [0.15, 0.2) is 0 Å². The lowest BCUT2D eigenvalue weighted by Crippen LogP contribution is -2.50. The van der Waals surface area contributed by atoms with Gasteiger partial charge in [0, 0.05) is 55.5 Å². The van der Waals surface area contributed by atoms with E-state index < -0.39 is 0 Å². The van der Waals surface area contributed by atoms with Crippen LogP contribution in [0.1, 0.15) is 57.4 Å². The molecule has 2 aliphatic heterocycles. The second-order valence-electron chi connectivity index (χ2n) is 11.4. The molecular formula is C28H36N6O2. The number of benzene rings is 1. The normalized spacial score (nSPS) is 27.0. The van der Waals surface area contributed by atoms with Gasteiger partial charge in [-0.05, 0) is 81.3 Å². The summed E-state index contributed by atoms with van der Waals surface area (Å²) in [5.41, 5.74) is 1.89. The Morgan fingerprint density at radius 3 is 2.64 bits per heavy atom. The molecule has 3 aromatic rings. The molecular weight excluding hydrogens is 452 g/mol. The first-order chi connectivity index (χ1) is 17.6. The lowest BCUT2D eigenvalue weighted by Gasteiger charge is -2.39. The van der Waals surface area contributed by atoms with Crippen LogP contribution in [0, 0.1) is 5.92 Å². The Kier molecular flexibility index (Phi) is 5.62. The smallest absolute Gasteiger partial charge is 0.260 e. The number of aliphatic hydroxyl groups excluding tert-OH is 1. The van der Waals surface area contributed by atoms with Crippen molar-refractivity contribution >= 4 is 33.4 Å². The Hall–Kier alpha value is -2.71. The van der Waals surface area contributed by atoms with Crippen molar-refractivity contribution in [3.05, 3.63) is 34.7 Å². The van der Waals surface area contributed by atoms with Gasteiger partial charge < -0.3 is 15.3 Å². The van der Waals surface area contributed by atoms with E-state index in [0.717, 1.165) is 79.4 Å². The van der Waals surface area contributed by atoms with Crippen LogP contribution in [-0.4, -0.2) is 69.4 Å². The summed E-state index contributed by atoms with van der Waals surface area (Å²) in [6.45, 7) is 5.24. The summed E-state index contributed by atoms with van der Waals surface area (Å²) in [6, 6.07) is 7.06. The van der Waals surface area contributed by atoms with Crippen molar-refractivity contribution in [3.8, 4) is 0 Å². The van der Waals surface area contributed by atoms with Gasteiger partial charge in [0.05, 0.1) is 11.5 Å². The van der Waals surface area contributed by atoms with Crippen LogP contribution in [0.15, 0.2) is 29.2 Å². The van der Waals surface area contributed by atoms with Gasteiger partial charge >= 0.3 is 0 Å². The molecule has 36 heavy (non-hydrogen) atoms. The van der Waals surface area contributed by atoms with E-state index in [1.807, 2.05) is 10.8 Å². The average Bonchev–Trinajstić information content (AvgIpc) is 3.62. The van der Waals surface area contributed by atoms with Gasteiger partial charge in [0.25, 0.3) is 5.56 Å². The number of hydrogen-bond donors (Lipinski definition) is 2. The maximum absolute atomic E-state index is 14.1. The summed E-state index contributed by atoms with van der Waals surface area (Å²) in [5, 5.41) is 16.1. The third-order valence-electron chi connectivity index (χ3n) is 8.97. The second-order valence-corrected chi connectivity index (χ2v) is 11.4. The number of rotatable bonds is 5. The van der Waals surface area contributed by atoms with Crippen LogP contribution in [0.3, 0.4) is 0 Å². The van der Waals surface area contributed by atoms with Crippen LogP contribution in [0.2, 0.25) is 0 Å². The fraction of sp³-hybridized carbons (Fsp3) is 0.607. The Balaban J connectivity index is 1.32. The zero-order valence-corrected chi connectivity index (χ0v) is 20.9. The molecule has 8 nitrogen and oxygen atoms in total. The second kappa shape index (κ2) is 8.99.